The van der Waals surface area contributed by atoms with Crippen molar-refractivity contribution in [1.29, 1.82) is 0 Å². The van der Waals surface area contributed by atoms with E-state index in [0.29, 0.717) is 18.7 Å². The maximum Gasteiger partial charge on any atom is 0.316 e. The van der Waals surface area contributed by atoms with Gasteiger partial charge in [0.15, 0.2) is 0 Å². The van der Waals surface area contributed by atoms with Gasteiger partial charge in [-0.15, -0.1) is 0 Å². The number of methoxy groups -OCH3 is 1. The molecule has 2 aromatic carbocycles. The molecule has 9 heteroatoms. The second-order valence-electron chi connectivity index (χ2n) is 7.60. The molecular formula is C23H28N2O6S. The molecule has 1 fully saturated rings. The van der Waals surface area contributed by atoms with Gasteiger partial charge in [-0.05, 0) is 62.1 Å². The molecule has 0 spiro atoms. The fraction of sp³-hybridized carbons (Fsp3) is 0.391. The maximum atomic E-state index is 12.8. The third-order valence-electron chi connectivity index (χ3n) is 5.37. The molecule has 32 heavy (non-hydrogen) atoms. The molecule has 0 aromatic heterocycles. The Morgan fingerprint density at radius 2 is 1.75 bits per heavy atom. The number of anilines is 1. The predicted octanol–water partition coefficient (Wildman–Crippen LogP) is 3.23. The van der Waals surface area contributed by atoms with Gasteiger partial charge < -0.3 is 14.8 Å². The van der Waals surface area contributed by atoms with Gasteiger partial charge in [-0.3, -0.25) is 9.59 Å². The molecule has 2 aromatic rings. The van der Waals surface area contributed by atoms with Gasteiger partial charge in [0.05, 0.1) is 19.1 Å². The van der Waals surface area contributed by atoms with Crippen molar-refractivity contribution >= 4 is 27.6 Å². The van der Waals surface area contributed by atoms with Crippen LogP contribution in [0.15, 0.2) is 47.4 Å². The van der Waals surface area contributed by atoms with Gasteiger partial charge in [0.2, 0.25) is 10.0 Å². The Balaban J connectivity index is 1.78. The van der Waals surface area contributed by atoms with Crippen molar-refractivity contribution in [2.45, 2.75) is 43.4 Å². The lowest BCUT2D eigenvalue weighted by Gasteiger charge is -2.15. The number of nitrogens with one attached hydrogen (secondary N) is 2. The van der Waals surface area contributed by atoms with Crippen molar-refractivity contribution in [3.63, 3.8) is 0 Å². The molecule has 8 nitrogen and oxygen atoms in total. The van der Waals surface area contributed by atoms with E-state index in [4.69, 9.17) is 9.47 Å². The van der Waals surface area contributed by atoms with Crippen LogP contribution in [0.5, 0.6) is 5.75 Å². The Morgan fingerprint density at radius 3 is 2.31 bits per heavy atom. The summed E-state index contributed by atoms with van der Waals surface area (Å²) in [4.78, 5) is 24.9. The van der Waals surface area contributed by atoms with Crippen LogP contribution in [-0.2, 0) is 25.0 Å². The fourth-order valence-corrected chi connectivity index (χ4v) is 4.75. The minimum atomic E-state index is -3.82. The van der Waals surface area contributed by atoms with E-state index in [-0.39, 0.29) is 28.7 Å². The number of ether oxygens (including phenoxy) is 2. The highest BCUT2D eigenvalue weighted by Crippen LogP contribution is 2.49. The molecule has 172 valence electrons. The van der Waals surface area contributed by atoms with Gasteiger partial charge in [-0.25, -0.2) is 13.1 Å². The molecule has 1 saturated carbocycles. The molecule has 0 saturated heterocycles. The smallest absolute Gasteiger partial charge is 0.316 e. The standard InChI is InChI=1S/C23H28N2O6S/c1-4-14-24-32(28,29)20-15-16(6-11-19(20)30-3)21(26)25-18-9-7-17(8-10-18)23(12-13-23)22(27)31-5-2/h6-11,15,24H,4-5,12-14H2,1-3H3,(H,25,26). The predicted molar refractivity (Wildman–Crippen MR) is 120 cm³/mol. The third-order valence-corrected chi connectivity index (χ3v) is 6.85. The molecule has 1 aliphatic carbocycles. The van der Waals surface area contributed by atoms with Gasteiger partial charge in [0, 0.05) is 17.8 Å². The van der Waals surface area contributed by atoms with Gasteiger partial charge in [0.25, 0.3) is 5.91 Å². The van der Waals surface area contributed by atoms with Crippen LogP contribution < -0.4 is 14.8 Å². The minimum absolute atomic E-state index is 0.0958. The highest BCUT2D eigenvalue weighted by molar-refractivity contribution is 7.89. The molecule has 2 N–H and O–H groups in total. The van der Waals surface area contributed by atoms with Gasteiger partial charge in [-0.2, -0.15) is 0 Å². The van der Waals surface area contributed by atoms with E-state index in [9.17, 15) is 18.0 Å². The van der Waals surface area contributed by atoms with Crippen molar-refractivity contribution in [3.8, 4) is 5.75 Å². The summed E-state index contributed by atoms with van der Waals surface area (Å²) in [6.07, 6.45) is 2.12. The average molecular weight is 461 g/mol. The van der Waals surface area contributed by atoms with E-state index in [1.54, 1.807) is 31.2 Å². The van der Waals surface area contributed by atoms with E-state index < -0.39 is 21.3 Å². The number of hydrogen-bond donors (Lipinski definition) is 2. The largest absolute Gasteiger partial charge is 0.495 e. The molecule has 1 aliphatic rings. The van der Waals surface area contributed by atoms with Crippen molar-refractivity contribution in [2.24, 2.45) is 0 Å². The number of carbonyl (C=O) groups excluding carboxylic acids is 2. The minimum Gasteiger partial charge on any atom is -0.495 e. The Morgan fingerprint density at radius 1 is 1.06 bits per heavy atom. The zero-order valence-electron chi connectivity index (χ0n) is 18.4. The first-order valence-corrected chi connectivity index (χ1v) is 12.0. The van der Waals surface area contributed by atoms with Crippen LogP contribution in [0.25, 0.3) is 0 Å². The van der Waals surface area contributed by atoms with E-state index >= 15 is 0 Å². The SMILES string of the molecule is CCCNS(=O)(=O)c1cc(C(=O)Nc2ccc(C3(C(=O)OCC)CC3)cc2)ccc1OC. The number of rotatable bonds is 10. The molecular weight excluding hydrogens is 432 g/mol. The lowest BCUT2D eigenvalue weighted by atomic mass is 9.96. The summed E-state index contributed by atoms with van der Waals surface area (Å²) >= 11 is 0. The topological polar surface area (TPSA) is 111 Å². The van der Waals surface area contributed by atoms with Crippen molar-refractivity contribution in [3.05, 3.63) is 53.6 Å². The zero-order chi connectivity index (χ0) is 23.4. The highest BCUT2D eigenvalue weighted by Gasteiger charge is 2.52. The fourth-order valence-electron chi connectivity index (χ4n) is 3.42. The van der Waals surface area contributed by atoms with Crippen LogP contribution in [0.3, 0.4) is 0 Å². The zero-order valence-corrected chi connectivity index (χ0v) is 19.3. The molecule has 0 radical (unpaired) electrons. The second kappa shape index (κ2) is 9.70. The number of carbonyl (C=O) groups is 2. The van der Waals surface area contributed by atoms with E-state index in [2.05, 4.69) is 10.0 Å². The molecule has 0 aliphatic heterocycles. The molecule has 0 atom stereocenters. The van der Waals surface area contributed by atoms with Gasteiger partial charge >= 0.3 is 5.97 Å². The Bertz CT molecular complexity index is 1090. The van der Waals surface area contributed by atoms with Crippen LogP contribution >= 0.6 is 0 Å². The number of benzene rings is 2. The highest BCUT2D eigenvalue weighted by atomic mass is 32.2. The van der Waals surface area contributed by atoms with Crippen molar-refractivity contribution in [1.82, 2.24) is 4.72 Å². The first-order valence-electron chi connectivity index (χ1n) is 10.5. The van der Waals surface area contributed by atoms with E-state index in [1.165, 1.54) is 25.3 Å². The molecule has 3 rings (SSSR count). The molecule has 0 bridgehead atoms. The van der Waals surface area contributed by atoms with Crippen LogP contribution in [0.4, 0.5) is 5.69 Å². The summed E-state index contributed by atoms with van der Waals surface area (Å²) in [5.74, 6) is -0.525. The Labute approximate surface area is 188 Å². The summed E-state index contributed by atoms with van der Waals surface area (Å²) in [5.41, 5.74) is 0.983. The van der Waals surface area contributed by atoms with Crippen LogP contribution in [0.2, 0.25) is 0 Å². The van der Waals surface area contributed by atoms with Crippen LogP contribution in [0.1, 0.15) is 49.0 Å². The average Bonchev–Trinajstić information content (AvgIpc) is 3.60. The third kappa shape index (κ3) is 4.94. The van der Waals surface area contributed by atoms with E-state index in [0.717, 1.165) is 18.4 Å². The number of amides is 1. The molecule has 0 unspecified atom stereocenters. The monoisotopic (exact) mass is 460 g/mol. The van der Waals surface area contributed by atoms with Crippen molar-refractivity contribution < 1.29 is 27.5 Å². The number of esters is 1. The van der Waals surface area contributed by atoms with Gasteiger partial charge in [0.1, 0.15) is 10.6 Å². The first-order chi connectivity index (χ1) is 15.3. The van der Waals surface area contributed by atoms with Crippen LogP contribution in [0, 0.1) is 0 Å². The van der Waals surface area contributed by atoms with Crippen LogP contribution in [-0.4, -0.2) is 40.6 Å². The van der Waals surface area contributed by atoms with Crippen molar-refractivity contribution in [2.75, 3.05) is 25.6 Å². The lowest BCUT2D eigenvalue weighted by molar-refractivity contribution is -0.146. The summed E-state index contributed by atoms with van der Waals surface area (Å²) in [6, 6.07) is 11.3. The number of hydrogen-bond acceptors (Lipinski definition) is 6. The summed E-state index contributed by atoms with van der Waals surface area (Å²) in [5, 5.41) is 2.76. The summed E-state index contributed by atoms with van der Waals surface area (Å²) in [6.45, 7) is 4.25. The van der Waals surface area contributed by atoms with E-state index in [1.807, 2.05) is 6.92 Å². The normalized spacial score (nSPS) is 14.5. The lowest BCUT2D eigenvalue weighted by Crippen LogP contribution is -2.25. The molecule has 0 heterocycles. The van der Waals surface area contributed by atoms with Gasteiger partial charge in [-0.1, -0.05) is 19.1 Å². The molecule has 1 amide bonds. The first kappa shape index (κ1) is 23.7. The Hall–Kier alpha value is -2.91. The Kier molecular flexibility index (Phi) is 7.20. The number of sulfonamides is 1. The quantitative estimate of drug-likeness (QED) is 0.527. The maximum absolute atomic E-state index is 12.8. The summed E-state index contributed by atoms with van der Waals surface area (Å²) < 4.78 is 38.0. The summed E-state index contributed by atoms with van der Waals surface area (Å²) in [7, 11) is -2.45. The second-order valence-corrected chi connectivity index (χ2v) is 9.33.